The van der Waals surface area contributed by atoms with Gasteiger partial charge in [-0.3, -0.25) is 0 Å². The highest BCUT2D eigenvalue weighted by atomic mass is 16.3. The van der Waals surface area contributed by atoms with Gasteiger partial charge in [0.05, 0.1) is 5.69 Å². The van der Waals surface area contributed by atoms with Crippen LogP contribution in [0.15, 0.2) is 34.9 Å². The third-order valence-corrected chi connectivity index (χ3v) is 2.75. The maximum Gasteiger partial charge on any atom is 0.198 e. The second-order valence-corrected chi connectivity index (χ2v) is 4.28. The lowest BCUT2D eigenvalue weighted by molar-refractivity contribution is 0.474. The zero-order chi connectivity index (χ0) is 12.8. The number of oxazole rings is 1. The number of aryl methyl sites for hydroxylation is 1. The van der Waals surface area contributed by atoms with Gasteiger partial charge in [0.25, 0.3) is 0 Å². The van der Waals surface area contributed by atoms with Crippen LogP contribution < -0.4 is 5.32 Å². The van der Waals surface area contributed by atoms with Gasteiger partial charge < -0.3 is 14.8 Å². The average molecular weight is 246 g/mol. The Balaban J connectivity index is 1.91. The van der Waals surface area contributed by atoms with Crippen molar-refractivity contribution in [3.05, 3.63) is 47.7 Å². The standard InChI is InChI=1S/C14H18N2O2/c1-15-8-2-3-12-10-18-14(16-12)9-11-4-6-13(17)7-5-11/h4-7,10,15,17H,2-3,8-9H2,1H3. The van der Waals surface area contributed by atoms with E-state index in [4.69, 9.17) is 4.42 Å². The van der Waals surface area contributed by atoms with Crippen molar-refractivity contribution in [2.75, 3.05) is 13.6 Å². The van der Waals surface area contributed by atoms with Gasteiger partial charge in [-0.2, -0.15) is 0 Å². The molecule has 0 aliphatic heterocycles. The van der Waals surface area contributed by atoms with Crippen molar-refractivity contribution in [3.63, 3.8) is 0 Å². The zero-order valence-electron chi connectivity index (χ0n) is 10.5. The van der Waals surface area contributed by atoms with E-state index in [1.165, 1.54) is 0 Å². The maximum atomic E-state index is 9.20. The Morgan fingerprint density at radius 1 is 1.28 bits per heavy atom. The number of phenolic OH excluding ortho intramolecular Hbond substituents is 1. The molecular formula is C14H18N2O2. The summed E-state index contributed by atoms with van der Waals surface area (Å²) in [6.45, 7) is 0.986. The van der Waals surface area contributed by atoms with E-state index in [1.807, 2.05) is 19.2 Å². The van der Waals surface area contributed by atoms with Gasteiger partial charge in [-0.25, -0.2) is 4.98 Å². The molecule has 18 heavy (non-hydrogen) atoms. The molecule has 0 atom stereocenters. The molecule has 2 aromatic rings. The van der Waals surface area contributed by atoms with Gasteiger partial charge in [0.2, 0.25) is 0 Å². The smallest absolute Gasteiger partial charge is 0.198 e. The van der Waals surface area contributed by atoms with Crippen molar-refractivity contribution in [2.24, 2.45) is 0 Å². The highest BCUT2D eigenvalue weighted by Gasteiger charge is 2.05. The third kappa shape index (κ3) is 3.60. The van der Waals surface area contributed by atoms with Gasteiger partial charge in [0.15, 0.2) is 5.89 Å². The summed E-state index contributed by atoms with van der Waals surface area (Å²) in [5.41, 5.74) is 2.08. The normalized spacial score (nSPS) is 10.7. The van der Waals surface area contributed by atoms with Crippen molar-refractivity contribution < 1.29 is 9.52 Å². The quantitative estimate of drug-likeness (QED) is 0.767. The van der Waals surface area contributed by atoms with Gasteiger partial charge >= 0.3 is 0 Å². The lowest BCUT2D eigenvalue weighted by atomic mass is 10.1. The van der Waals surface area contributed by atoms with Gasteiger partial charge in [0, 0.05) is 6.42 Å². The number of aromatic hydroxyl groups is 1. The first-order valence-corrected chi connectivity index (χ1v) is 6.13. The van der Waals surface area contributed by atoms with Crippen LogP contribution >= 0.6 is 0 Å². The van der Waals surface area contributed by atoms with E-state index in [0.717, 1.165) is 36.5 Å². The minimum absolute atomic E-state index is 0.277. The highest BCUT2D eigenvalue weighted by molar-refractivity contribution is 5.27. The molecule has 0 saturated carbocycles. The molecule has 0 bridgehead atoms. The molecule has 0 aliphatic rings. The molecule has 0 aliphatic carbocycles. The number of rotatable bonds is 6. The van der Waals surface area contributed by atoms with Crippen molar-refractivity contribution in [3.8, 4) is 5.75 Å². The Kier molecular flexibility index (Phi) is 4.36. The summed E-state index contributed by atoms with van der Waals surface area (Å²) in [4.78, 5) is 4.44. The van der Waals surface area contributed by atoms with Crippen molar-refractivity contribution in [1.82, 2.24) is 10.3 Å². The molecule has 1 aromatic carbocycles. The summed E-state index contributed by atoms with van der Waals surface area (Å²) < 4.78 is 5.44. The number of nitrogens with zero attached hydrogens (tertiary/aromatic N) is 1. The molecule has 0 amide bonds. The van der Waals surface area contributed by atoms with Crippen LogP contribution in [-0.2, 0) is 12.8 Å². The van der Waals surface area contributed by atoms with Crippen LogP contribution in [-0.4, -0.2) is 23.7 Å². The first kappa shape index (κ1) is 12.6. The Morgan fingerprint density at radius 2 is 2.06 bits per heavy atom. The molecule has 2 N–H and O–H groups in total. The fourth-order valence-corrected chi connectivity index (χ4v) is 1.78. The molecule has 2 rings (SSSR count). The molecule has 4 nitrogen and oxygen atoms in total. The Hall–Kier alpha value is -1.81. The third-order valence-electron chi connectivity index (χ3n) is 2.75. The van der Waals surface area contributed by atoms with Gasteiger partial charge in [-0.15, -0.1) is 0 Å². The van der Waals surface area contributed by atoms with Crippen LogP contribution in [0.5, 0.6) is 5.75 Å². The highest BCUT2D eigenvalue weighted by Crippen LogP contribution is 2.14. The molecule has 96 valence electrons. The Labute approximate surface area is 107 Å². The van der Waals surface area contributed by atoms with E-state index in [1.54, 1.807) is 18.4 Å². The monoisotopic (exact) mass is 246 g/mol. The van der Waals surface area contributed by atoms with E-state index in [0.29, 0.717) is 6.42 Å². The van der Waals surface area contributed by atoms with Crippen molar-refractivity contribution in [2.45, 2.75) is 19.3 Å². The van der Waals surface area contributed by atoms with E-state index < -0.39 is 0 Å². The molecule has 0 fully saturated rings. The Morgan fingerprint density at radius 3 is 2.78 bits per heavy atom. The van der Waals surface area contributed by atoms with Gasteiger partial charge in [-0.05, 0) is 44.1 Å². The lowest BCUT2D eigenvalue weighted by Crippen LogP contribution is -2.08. The molecular weight excluding hydrogens is 228 g/mol. The summed E-state index contributed by atoms with van der Waals surface area (Å²) in [6.07, 6.45) is 4.37. The summed E-state index contributed by atoms with van der Waals surface area (Å²) in [6, 6.07) is 7.10. The van der Waals surface area contributed by atoms with E-state index >= 15 is 0 Å². The van der Waals surface area contributed by atoms with Crippen LogP contribution in [0.3, 0.4) is 0 Å². The van der Waals surface area contributed by atoms with Crippen LogP contribution in [0.1, 0.15) is 23.6 Å². The van der Waals surface area contributed by atoms with E-state index in [-0.39, 0.29) is 5.75 Å². The summed E-state index contributed by atoms with van der Waals surface area (Å²) in [7, 11) is 1.94. The number of aromatic nitrogens is 1. The number of hydrogen-bond donors (Lipinski definition) is 2. The lowest BCUT2D eigenvalue weighted by Gasteiger charge is -1.97. The molecule has 1 heterocycles. The number of hydrogen-bond acceptors (Lipinski definition) is 4. The molecule has 0 saturated heterocycles. The Bertz CT molecular complexity index is 477. The first-order chi connectivity index (χ1) is 8.78. The van der Waals surface area contributed by atoms with Crippen molar-refractivity contribution >= 4 is 0 Å². The molecule has 0 unspecified atom stereocenters. The summed E-state index contributed by atoms with van der Waals surface area (Å²) in [5, 5.41) is 12.3. The van der Waals surface area contributed by atoms with Gasteiger partial charge in [-0.1, -0.05) is 12.1 Å². The topological polar surface area (TPSA) is 58.3 Å². The SMILES string of the molecule is CNCCCc1coc(Cc2ccc(O)cc2)n1. The summed E-state index contributed by atoms with van der Waals surface area (Å²) in [5.74, 6) is 0.999. The minimum atomic E-state index is 0.277. The first-order valence-electron chi connectivity index (χ1n) is 6.13. The summed E-state index contributed by atoms with van der Waals surface area (Å²) >= 11 is 0. The van der Waals surface area contributed by atoms with Gasteiger partial charge in [0.1, 0.15) is 12.0 Å². The second-order valence-electron chi connectivity index (χ2n) is 4.28. The van der Waals surface area contributed by atoms with E-state index in [9.17, 15) is 5.11 Å². The number of phenols is 1. The second kappa shape index (κ2) is 6.21. The molecule has 1 aromatic heterocycles. The molecule has 0 spiro atoms. The minimum Gasteiger partial charge on any atom is -0.508 e. The number of benzene rings is 1. The fourth-order valence-electron chi connectivity index (χ4n) is 1.78. The molecule has 4 heteroatoms. The zero-order valence-corrected chi connectivity index (χ0v) is 10.5. The van der Waals surface area contributed by atoms with Crippen LogP contribution in [0, 0.1) is 0 Å². The van der Waals surface area contributed by atoms with Crippen LogP contribution in [0.2, 0.25) is 0 Å². The maximum absolute atomic E-state index is 9.20. The average Bonchev–Trinajstić information content (AvgIpc) is 2.80. The number of nitrogens with one attached hydrogen (secondary N) is 1. The van der Waals surface area contributed by atoms with Crippen LogP contribution in [0.25, 0.3) is 0 Å². The van der Waals surface area contributed by atoms with Crippen LogP contribution in [0.4, 0.5) is 0 Å². The predicted octanol–water partition coefficient (Wildman–Crippen LogP) is 2.12. The predicted molar refractivity (Wildman–Crippen MR) is 69.7 cm³/mol. The van der Waals surface area contributed by atoms with Crippen molar-refractivity contribution in [1.29, 1.82) is 0 Å². The van der Waals surface area contributed by atoms with E-state index in [2.05, 4.69) is 10.3 Å². The fraction of sp³-hybridized carbons (Fsp3) is 0.357. The largest absolute Gasteiger partial charge is 0.508 e. The molecule has 0 radical (unpaired) electrons.